The standard InChI is InChI=1S/C17H18F3NO5S/c1-11(16(23)21-14-8-9-27(24,25)10-14)26-15(22)7-4-12-2-5-13(6-3-12)17(18,19)20/h2-7,11,14H,8-10H2,1H3,(H,21,23)/b7-4+/t11-,14-/m0/s1. The SMILES string of the molecule is C[C@H](OC(=O)/C=C/c1ccc(C(F)(F)F)cc1)C(=O)N[C@H]1CCS(=O)(=O)C1. The molecule has 0 bridgehead atoms. The third-order valence-corrected chi connectivity index (χ3v) is 5.66. The van der Waals surface area contributed by atoms with Gasteiger partial charge < -0.3 is 10.1 Å². The number of hydrogen-bond donors (Lipinski definition) is 1. The zero-order chi connectivity index (χ0) is 20.2. The smallest absolute Gasteiger partial charge is 0.416 e. The Balaban J connectivity index is 1.85. The van der Waals surface area contributed by atoms with E-state index in [1.54, 1.807) is 0 Å². The summed E-state index contributed by atoms with van der Waals surface area (Å²) in [4.78, 5) is 23.7. The molecule has 6 nitrogen and oxygen atoms in total. The third kappa shape index (κ3) is 6.38. The Morgan fingerprint density at radius 3 is 2.41 bits per heavy atom. The van der Waals surface area contributed by atoms with Gasteiger partial charge in [0, 0.05) is 12.1 Å². The van der Waals surface area contributed by atoms with Gasteiger partial charge in [-0.1, -0.05) is 12.1 Å². The van der Waals surface area contributed by atoms with Crippen molar-refractivity contribution in [3.63, 3.8) is 0 Å². The second-order valence-electron chi connectivity index (χ2n) is 6.14. The van der Waals surface area contributed by atoms with Crippen LogP contribution < -0.4 is 5.32 Å². The lowest BCUT2D eigenvalue weighted by molar-refractivity contribution is -0.150. The first-order chi connectivity index (χ1) is 12.5. The Labute approximate surface area is 154 Å². The summed E-state index contributed by atoms with van der Waals surface area (Å²) in [6.45, 7) is 1.34. The van der Waals surface area contributed by atoms with Crippen molar-refractivity contribution in [3.8, 4) is 0 Å². The lowest BCUT2D eigenvalue weighted by Crippen LogP contribution is -2.42. The molecule has 1 aromatic rings. The molecule has 0 spiro atoms. The van der Waals surface area contributed by atoms with E-state index in [4.69, 9.17) is 4.74 Å². The maximum atomic E-state index is 12.5. The number of amides is 1. The van der Waals surface area contributed by atoms with Crippen molar-refractivity contribution in [3.05, 3.63) is 41.5 Å². The number of sulfone groups is 1. The molecule has 2 rings (SSSR count). The number of carbonyl (C=O) groups excluding carboxylic acids is 2. The fraction of sp³-hybridized carbons (Fsp3) is 0.412. The van der Waals surface area contributed by atoms with Crippen molar-refractivity contribution >= 4 is 27.8 Å². The van der Waals surface area contributed by atoms with E-state index in [0.29, 0.717) is 12.0 Å². The molecule has 1 aliphatic rings. The summed E-state index contributed by atoms with van der Waals surface area (Å²) >= 11 is 0. The summed E-state index contributed by atoms with van der Waals surface area (Å²) in [7, 11) is -3.15. The monoisotopic (exact) mass is 405 g/mol. The molecule has 10 heteroatoms. The molecule has 27 heavy (non-hydrogen) atoms. The fourth-order valence-corrected chi connectivity index (χ4v) is 4.12. The number of halogens is 3. The highest BCUT2D eigenvalue weighted by Gasteiger charge is 2.31. The van der Waals surface area contributed by atoms with E-state index >= 15 is 0 Å². The van der Waals surface area contributed by atoms with Crippen molar-refractivity contribution in [1.82, 2.24) is 5.32 Å². The summed E-state index contributed by atoms with van der Waals surface area (Å²) in [6.07, 6.45) is -3.02. The average Bonchev–Trinajstić information content (AvgIpc) is 2.91. The van der Waals surface area contributed by atoms with Gasteiger partial charge in [-0.3, -0.25) is 4.79 Å². The Morgan fingerprint density at radius 2 is 1.89 bits per heavy atom. The van der Waals surface area contributed by atoms with Crippen molar-refractivity contribution in [2.45, 2.75) is 31.7 Å². The summed E-state index contributed by atoms with van der Waals surface area (Å²) < 4.78 is 65.1. The van der Waals surface area contributed by atoms with Gasteiger partial charge in [-0.15, -0.1) is 0 Å². The number of rotatable bonds is 5. The van der Waals surface area contributed by atoms with Gasteiger partial charge in [0.2, 0.25) is 0 Å². The quantitative estimate of drug-likeness (QED) is 0.598. The summed E-state index contributed by atoms with van der Waals surface area (Å²) in [6, 6.07) is 3.66. The first-order valence-electron chi connectivity index (χ1n) is 8.03. The fourth-order valence-electron chi connectivity index (χ4n) is 2.44. The van der Waals surface area contributed by atoms with Gasteiger partial charge in [0.1, 0.15) is 0 Å². The maximum absolute atomic E-state index is 12.5. The Hall–Kier alpha value is -2.36. The van der Waals surface area contributed by atoms with Crippen LogP contribution in [0.2, 0.25) is 0 Å². The molecular formula is C17H18F3NO5S. The number of carbonyl (C=O) groups is 2. The van der Waals surface area contributed by atoms with Gasteiger partial charge in [-0.25, -0.2) is 13.2 Å². The van der Waals surface area contributed by atoms with Crippen LogP contribution in [0, 0.1) is 0 Å². The van der Waals surface area contributed by atoms with Crippen LogP contribution in [0.25, 0.3) is 6.08 Å². The maximum Gasteiger partial charge on any atom is 0.416 e. The van der Waals surface area contributed by atoms with Crippen LogP contribution in [0.4, 0.5) is 13.2 Å². The van der Waals surface area contributed by atoms with E-state index in [1.807, 2.05) is 0 Å². The normalized spacial score (nSPS) is 20.4. The summed E-state index contributed by atoms with van der Waals surface area (Å²) in [5.41, 5.74) is -0.449. The van der Waals surface area contributed by atoms with Crippen LogP contribution in [0.1, 0.15) is 24.5 Å². The van der Waals surface area contributed by atoms with E-state index in [1.165, 1.54) is 25.1 Å². The first-order valence-corrected chi connectivity index (χ1v) is 9.85. The van der Waals surface area contributed by atoms with Crippen LogP contribution in [0.5, 0.6) is 0 Å². The number of benzene rings is 1. The highest BCUT2D eigenvalue weighted by Crippen LogP contribution is 2.29. The highest BCUT2D eigenvalue weighted by molar-refractivity contribution is 7.91. The van der Waals surface area contributed by atoms with Crippen LogP contribution in [0.3, 0.4) is 0 Å². The molecule has 1 heterocycles. The Kier molecular flexibility index (Phi) is 6.30. The molecule has 1 aromatic carbocycles. The van der Waals surface area contributed by atoms with Crippen LogP contribution in [0.15, 0.2) is 30.3 Å². The molecule has 0 radical (unpaired) electrons. The molecule has 1 aliphatic heterocycles. The Bertz CT molecular complexity index is 831. The van der Waals surface area contributed by atoms with E-state index < -0.39 is 45.6 Å². The molecule has 1 saturated heterocycles. The number of alkyl halides is 3. The second-order valence-corrected chi connectivity index (χ2v) is 8.37. The van der Waals surface area contributed by atoms with Gasteiger partial charge in [-0.2, -0.15) is 13.2 Å². The number of hydrogen-bond acceptors (Lipinski definition) is 5. The third-order valence-electron chi connectivity index (χ3n) is 3.89. The number of ether oxygens (including phenoxy) is 1. The number of nitrogens with one attached hydrogen (secondary N) is 1. The first kappa shape index (κ1) is 20.9. The number of esters is 1. The zero-order valence-corrected chi connectivity index (χ0v) is 15.1. The minimum atomic E-state index is -4.44. The van der Waals surface area contributed by atoms with Crippen molar-refractivity contribution < 1.29 is 35.9 Å². The molecule has 0 unspecified atom stereocenters. The summed E-state index contributed by atoms with van der Waals surface area (Å²) in [5, 5.41) is 2.51. The van der Waals surface area contributed by atoms with E-state index in [2.05, 4.69) is 5.32 Å². The molecular weight excluding hydrogens is 387 g/mol. The highest BCUT2D eigenvalue weighted by atomic mass is 32.2. The van der Waals surface area contributed by atoms with Gasteiger partial charge in [0.15, 0.2) is 15.9 Å². The molecule has 0 aliphatic carbocycles. The van der Waals surface area contributed by atoms with Crippen LogP contribution in [-0.4, -0.2) is 43.9 Å². The van der Waals surface area contributed by atoms with Crippen molar-refractivity contribution in [2.75, 3.05) is 11.5 Å². The van der Waals surface area contributed by atoms with Crippen molar-refractivity contribution in [1.29, 1.82) is 0 Å². The lowest BCUT2D eigenvalue weighted by atomic mass is 10.1. The minimum absolute atomic E-state index is 0.00197. The van der Waals surface area contributed by atoms with Gasteiger partial charge in [0.25, 0.3) is 5.91 Å². The predicted octanol–water partition coefficient (Wildman–Crippen LogP) is 1.95. The largest absolute Gasteiger partial charge is 0.449 e. The molecule has 1 fully saturated rings. The van der Waals surface area contributed by atoms with Crippen molar-refractivity contribution in [2.24, 2.45) is 0 Å². The van der Waals surface area contributed by atoms with Crippen LogP contribution >= 0.6 is 0 Å². The topological polar surface area (TPSA) is 89.5 Å². The van der Waals surface area contributed by atoms with Gasteiger partial charge in [-0.05, 0) is 37.1 Å². The average molecular weight is 405 g/mol. The van der Waals surface area contributed by atoms with Gasteiger partial charge in [0.05, 0.1) is 17.1 Å². The molecule has 1 N–H and O–H groups in total. The Morgan fingerprint density at radius 1 is 1.26 bits per heavy atom. The zero-order valence-electron chi connectivity index (χ0n) is 14.3. The lowest BCUT2D eigenvalue weighted by Gasteiger charge is -2.15. The molecule has 1 amide bonds. The molecule has 148 valence electrons. The van der Waals surface area contributed by atoms with E-state index in [9.17, 15) is 31.2 Å². The molecule has 0 saturated carbocycles. The minimum Gasteiger partial charge on any atom is -0.449 e. The second kappa shape index (κ2) is 8.12. The molecule has 2 atom stereocenters. The van der Waals surface area contributed by atoms with E-state index in [0.717, 1.165) is 18.2 Å². The summed E-state index contributed by atoms with van der Waals surface area (Å²) in [5.74, 6) is -1.61. The van der Waals surface area contributed by atoms with E-state index in [-0.39, 0.29) is 11.5 Å². The molecule has 0 aromatic heterocycles. The van der Waals surface area contributed by atoms with Gasteiger partial charge >= 0.3 is 12.1 Å². The van der Waals surface area contributed by atoms with Crippen LogP contribution in [-0.2, 0) is 30.3 Å². The predicted molar refractivity (Wildman–Crippen MR) is 91.2 cm³/mol.